The Balaban J connectivity index is 1.65. The first-order valence-corrected chi connectivity index (χ1v) is 6.84. The number of carbonyl (C=O) groups is 2. The Hall–Kier alpha value is -2.63. The van der Waals surface area contributed by atoms with Crippen LogP contribution in [0.2, 0.25) is 0 Å². The molecule has 1 atom stereocenters. The Kier molecular flexibility index (Phi) is 3.43. The van der Waals surface area contributed by atoms with Crippen molar-refractivity contribution in [2.24, 2.45) is 11.7 Å². The number of fused-ring (bicyclic) bond motifs is 1. The van der Waals surface area contributed by atoms with Crippen molar-refractivity contribution in [3.63, 3.8) is 0 Å². The molecule has 6 heteroatoms. The maximum absolute atomic E-state index is 12.3. The summed E-state index contributed by atoms with van der Waals surface area (Å²) in [5.74, 6) is 0.379. The molecular weight excluding hydrogens is 268 g/mol. The number of nitrogens with zero attached hydrogens (tertiary/aromatic N) is 2. The Labute approximate surface area is 122 Å². The van der Waals surface area contributed by atoms with Gasteiger partial charge in [-0.15, -0.1) is 0 Å². The summed E-state index contributed by atoms with van der Waals surface area (Å²) >= 11 is 0. The van der Waals surface area contributed by atoms with Crippen LogP contribution >= 0.6 is 0 Å². The highest BCUT2D eigenvalue weighted by molar-refractivity contribution is 5.95. The second-order valence-corrected chi connectivity index (χ2v) is 5.16. The zero-order chi connectivity index (χ0) is 14.8. The van der Waals surface area contributed by atoms with E-state index in [2.05, 4.69) is 14.9 Å². The van der Waals surface area contributed by atoms with Gasteiger partial charge in [0.25, 0.3) is 0 Å². The lowest BCUT2D eigenvalue weighted by Crippen LogP contribution is -2.30. The summed E-state index contributed by atoms with van der Waals surface area (Å²) in [5.41, 5.74) is 6.27. The highest BCUT2D eigenvalue weighted by Crippen LogP contribution is 2.21. The van der Waals surface area contributed by atoms with Crippen LogP contribution in [-0.4, -0.2) is 21.4 Å². The van der Waals surface area contributed by atoms with Gasteiger partial charge >= 0.3 is 0 Å². The normalized spacial score (nSPS) is 17.0. The molecule has 1 aliphatic rings. The van der Waals surface area contributed by atoms with E-state index in [4.69, 9.17) is 5.73 Å². The van der Waals surface area contributed by atoms with Crippen LogP contribution < -0.4 is 11.1 Å². The van der Waals surface area contributed by atoms with E-state index in [9.17, 15) is 9.59 Å². The summed E-state index contributed by atoms with van der Waals surface area (Å²) in [6, 6.07) is 6.57. The maximum Gasteiger partial charge on any atom is 0.248 e. The van der Waals surface area contributed by atoms with Crippen molar-refractivity contribution < 1.29 is 9.59 Å². The first-order valence-electron chi connectivity index (χ1n) is 6.84. The predicted molar refractivity (Wildman–Crippen MR) is 77.6 cm³/mol. The third-order valence-corrected chi connectivity index (χ3v) is 3.76. The van der Waals surface area contributed by atoms with Crippen LogP contribution in [-0.2, 0) is 17.8 Å². The zero-order valence-corrected chi connectivity index (χ0v) is 11.5. The van der Waals surface area contributed by atoms with Crippen LogP contribution in [0.3, 0.4) is 0 Å². The minimum Gasteiger partial charge on any atom is -0.366 e. The van der Waals surface area contributed by atoms with E-state index in [0.717, 1.165) is 18.8 Å². The quantitative estimate of drug-likeness (QED) is 0.887. The molecule has 3 N–H and O–H groups in total. The average molecular weight is 284 g/mol. The highest BCUT2D eigenvalue weighted by atomic mass is 16.2. The maximum atomic E-state index is 12.3. The van der Waals surface area contributed by atoms with Gasteiger partial charge in [0.15, 0.2) is 0 Å². The number of carbonyl (C=O) groups excluding carboxylic acids is 2. The van der Waals surface area contributed by atoms with Gasteiger partial charge in [-0.25, -0.2) is 4.98 Å². The van der Waals surface area contributed by atoms with Gasteiger partial charge in [0, 0.05) is 42.5 Å². The minimum absolute atomic E-state index is 0.0175. The van der Waals surface area contributed by atoms with Crippen molar-refractivity contribution >= 4 is 17.5 Å². The molecule has 0 radical (unpaired) electrons. The van der Waals surface area contributed by atoms with E-state index in [1.54, 1.807) is 30.5 Å². The summed E-state index contributed by atoms with van der Waals surface area (Å²) in [5, 5.41) is 2.87. The number of aryl methyl sites for hydroxylation is 1. The number of nitrogens with one attached hydrogen (secondary N) is 1. The Morgan fingerprint density at radius 2 is 2.05 bits per heavy atom. The molecule has 2 heterocycles. The third-order valence-electron chi connectivity index (χ3n) is 3.76. The lowest BCUT2D eigenvalue weighted by Gasteiger charge is -2.22. The first kappa shape index (κ1) is 13.4. The number of rotatable bonds is 3. The molecule has 21 heavy (non-hydrogen) atoms. The van der Waals surface area contributed by atoms with Crippen molar-refractivity contribution in [2.75, 3.05) is 5.32 Å². The molecular formula is C15H16N4O2. The molecule has 0 fully saturated rings. The molecule has 1 aromatic heterocycles. The van der Waals surface area contributed by atoms with Crippen molar-refractivity contribution in [1.29, 1.82) is 0 Å². The number of aromatic nitrogens is 2. The van der Waals surface area contributed by atoms with Gasteiger partial charge in [-0.05, 0) is 30.7 Å². The van der Waals surface area contributed by atoms with Crippen LogP contribution in [0.15, 0.2) is 36.7 Å². The Bertz CT molecular complexity index is 675. The summed E-state index contributed by atoms with van der Waals surface area (Å²) in [4.78, 5) is 27.5. The predicted octanol–water partition coefficient (Wildman–Crippen LogP) is 1.18. The molecule has 0 saturated heterocycles. The lowest BCUT2D eigenvalue weighted by atomic mass is 9.97. The van der Waals surface area contributed by atoms with E-state index in [1.807, 2.05) is 6.20 Å². The van der Waals surface area contributed by atoms with E-state index < -0.39 is 5.91 Å². The van der Waals surface area contributed by atoms with Gasteiger partial charge in [0.2, 0.25) is 11.8 Å². The van der Waals surface area contributed by atoms with E-state index in [0.29, 0.717) is 17.7 Å². The lowest BCUT2D eigenvalue weighted by molar-refractivity contribution is -0.120. The molecule has 0 bridgehead atoms. The van der Waals surface area contributed by atoms with Crippen LogP contribution in [0.4, 0.5) is 5.69 Å². The molecule has 6 nitrogen and oxygen atoms in total. The average Bonchev–Trinajstić information content (AvgIpc) is 2.95. The summed E-state index contributed by atoms with van der Waals surface area (Å²) in [6.45, 7) is 0.814. The number of benzene rings is 1. The number of amides is 2. The minimum atomic E-state index is -0.480. The van der Waals surface area contributed by atoms with E-state index in [1.165, 1.54) is 0 Å². The number of hydrogen-bond acceptors (Lipinski definition) is 3. The first-order chi connectivity index (χ1) is 10.1. The fourth-order valence-electron chi connectivity index (χ4n) is 2.54. The second-order valence-electron chi connectivity index (χ2n) is 5.16. The molecule has 108 valence electrons. The fourth-order valence-corrected chi connectivity index (χ4v) is 2.54. The Morgan fingerprint density at radius 1 is 1.29 bits per heavy atom. The number of primary amides is 1. The van der Waals surface area contributed by atoms with Crippen LogP contribution in [0, 0.1) is 5.92 Å². The number of nitrogens with two attached hydrogens (primary N) is 1. The van der Waals surface area contributed by atoms with Crippen molar-refractivity contribution in [3.8, 4) is 0 Å². The second kappa shape index (κ2) is 5.40. The van der Waals surface area contributed by atoms with Crippen LogP contribution in [0.1, 0.15) is 22.6 Å². The monoisotopic (exact) mass is 284 g/mol. The smallest absolute Gasteiger partial charge is 0.248 e. The summed E-state index contributed by atoms with van der Waals surface area (Å²) in [7, 11) is 0. The number of imidazole rings is 1. The third kappa shape index (κ3) is 2.79. The van der Waals surface area contributed by atoms with Gasteiger partial charge in [-0.3, -0.25) is 9.59 Å². The van der Waals surface area contributed by atoms with Crippen LogP contribution in [0.5, 0.6) is 0 Å². The van der Waals surface area contributed by atoms with Crippen LogP contribution in [0.25, 0.3) is 0 Å². The molecule has 3 rings (SSSR count). The van der Waals surface area contributed by atoms with Gasteiger partial charge in [0.05, 0.1) is 0 Å². The molecule has 0 saturated carbocycles. The number of anilines is 1. The molecule has 0 spiro atoms. The molecule has 1 aliphatic heterocycles. The molecule has 2 aromatic rings. The van der Waals surface area contributed by atoms with Crippen molar-refractivity contribution in [2.45, 2.75) is 19.4 Å². The number of hydrogen-bond donors (Lipinski definition) is 2. The highest BCUT2D eigenvalue weighted by Gasteiger charge is 2.25. The van der Waals surface area contributed by atoms with Gasteiger partial charge < -0.3 is 15.6 Å². The Morgan fingerprint density at radius 3 is 2.76 bits per heavy atom. The van der Waals surface area contributed by atoms with Gasteiger partial charge in [0.1, 0.15) is 5.82 Å². The van der Waals surface area contributed by atoms with Gasteiger partial charge in [-0.2, -0.15) is 0 Å². The molecule has 2 amide bonds. The largest absolute Gasteiger partial charge is 0.366 e. The zero-order valence-electron chi connectivity index (χ0n) is 11.5. The molecule has 0 aliphatic carbocycles. The SMILES string of the molecule is NC(=O)c1ccc(NC(=O)C2CCn3ccnc3C2)cc1. The standard InChI is InChI=1S/C15H16N4O2/c16-14(20)10-1-3-12(4-2-10)18-15(21)11-5-7-19-8-6-17-13(19)9-11/h1-4,6,8,11H,5,7,9H2,(H2,16,20)(H,18,21). The van der Waals surface area contributed by atoms with E-state index in [-0.39, 0.29) is 11.8 Å². The fraction of sp³-hybridized carbons (Fsp3) is 0.267. The van der Waals surface area contributed by atoms with Crippen molar-refractivity contribution in [1.82, 2.24) is 9.55 Å². The molecule has 1 unspecified atom stereocenters. The molecule has 1 aromatic carbocycles. The van der Waals surface area contributed by atoms with E-state index >= 15 is 0 Å². The summed E-state index contributed by atoms with van der Waals surface area (Å²) < 4.78 is 2.07. The van der Waals surface area contributed by atoms with Gasteiger partial charge in [-0.1, -0.05) is 0 Å². The topological polar surface area (TPSA) is 90.0 Å². The van der Waals surface area contributed by atoms with Crippen molar-refractivity contribution in [3.05, 3.63) is 48.0 Å². The summed E-state index contributed by atoms with van der Waals surface area (Å²) in [6.07, 6.45) is 5.15.